The summed E-state index contributed by atoms with van der Waals surface area (Å²) in [5.74, 6) is -0.442. The average molecular weight is 256 g/mol. The van der Waals surface area contributed by atoms with Crippen LogP contribution in [0.1, 0.15) is 17.0 Å². The number of nitrogens with zero attached hydrogens (tertiary/aromatic N) is 1. The molecular formula is C15H16N2O2. The van der Waals surface area contributed by atoms with Crippen molar-refractivity contribution in [1.82, 2.24) is 10.5 Å². The molecule has 0 fully saturated rings. The third-order valence-electron chi connectivity index (χ3n) is 2.88. The van der Waals surface area contributed by atoms with Gasteiger partial charge in [0.05, 0.1) is 13.0 Å². The zero-order valence-corrected chi connectivity index (χ0v) is 10.7. The molecule has 98 valence electrons. The topological polar surface area (TPSA) is 51.2 Å². The average Bonchev–Trinajstić information content (AvgIpc) is 2.47. The number of hydrogen-bond donors (Lipinski definition) is 1. The van der Waals surface area contributed by atoms with E-state index in [1.807, 2.05) is 42.5 Å². The zero-order chi connectivity index (χ0) is 13.5. The van der Waals surface area contributed by atoms with E-state index in [0.717, 1.165) is 11.1 Å². The lowest BCUT2D eigenvalue weighted by atomic mass is 9.92. The summed E-state index contributed by atoms with van der Waals surface area (Å²) in [7, 11) is 1.43. The second-order valence-corrected chi connectivity index (χ2v) is 4.20. The number of nitrogens with one attached hydrogen (secondary N) is 1. The molecule has 0 radical (unpaired) electrons. The normalized spacial score (nSPS) is 11.8. The minimum Gasteiger partial charge on any atom is -0.277 e. The first-order chi connectivity index (χ1) is 9.31. The summed E-state index contributed by atoms with van der Waals surface area (Å²) in [4.78, 5) is 20.9. The van der Waals surface area contributed by atoms with E-state index in [4.69, 9.17) is 4.84 Å². The summed E-state index contributed by atoms with van der Waals surface area (Å²) in [5.41, 5.74) is 4.38. The number of pyridine rings is 1. The molecule has 4 heteroatoms. The van der Waals surface area contributed by atoms with Gasteiger partial charge in [-0.1, -0.05) is 36.4 Å². The zero-order valence-electron chi connectivity index (χ0n) is 10.7. The predicted molar refractivity (Wildman–Crippen MR) is 72.3 cm³/mol. The van der Waals surface area contributed by atoms with Gasteiger partial charge in [-0.3, -0.25) is 14.6 Å². The summed E-state index contributed by atoms with van der Waals surface area (Å²) in [6.45, 7) is 0. The van der Waals surface area contributed by atoms with Gasteiger partial charge in [-0.15, -0.1) is 0 Å². The highest BCUT2D eigenvalue weighted by molar-refractivity contribution is 5.83. The third-order valence-corrected chi connectivity index (χ3v) is 2.88. The lowest BCUT2D eigenvalue weighted by molar-refractivity contribution is -0.132. The SMILES string of the molecule is CONC(=O)C(Cc1cccnc1)c1ccccc1. The fraction of sp³-hybridized carbons (Fsp3) is 0.200. The fourth-order valence-electron chi connectivity index (χ4n) is 1.97. The number of carbonyl (C=O) groups is 1. The van der Waals surface area contributed by atoms with Crippen LogP contribution >= 0.6 is 0 Å². The van der Waals surface area contributed by atoms with Crippen LogP contribution in [0, 0.1) is 0 Å². The molecule has 1 aromatic heterocycles. The Morgan fingerprint density at radius 2 is 2.05 bits per heavy atom. The highest BCUT2D eigenvalue weighted by Crippen LogP contribution is 2.20. The second kappa shape index (κ2) is 6.66. The molecule has 2 aromatic rings. The van der Waals surface area contributed by atoms with Gasteiger partial charge in [0, 0.05) is 12.4 Å². The molecule has 0 spiro atoms. The van der Waals surface area contributed by atoms with Crippen LogP contribution in [0.25, 0.3) is 0 Å². The van der Waals surface area contributed by atoms with E-state index >= 15 is 0 Å². The molecule has 1 amide bonds. The van der Waals surface area contributed by atoms with Gasteiger partial charge in [-0.2, -0.15) is 0 Å². The molecule has 0 saturated heterocycles. The molecule has 0 bridgehead atoms. The Bertz CT molecular complexity index is 514. The number of benzene rings is 1. The maximum Gasteiger partial charge on any atom is 0.251 e. The molecule has 1 heterocycles. The van der Waals surface area contributed by atoms with Gasteiger partial charge in [-0.05, 0) is 23.6 Å². The summed E-state index contributed by atoms with van der Waals surface area (Å²) in [6.07, 6.45) is 4.08. The van der Waals surface area contributed by atoms with E-state index in [2.05, 4.69) is 10.5 Å². The van der Waals surface area contributed by atoms with Crippen LogP contribution in [-0.2, 0) is 16.1 Å². The van der Waals surface area contributed by atoms with Crippen LogP contribution in [0.3, 0.4) is 0 Å². The van der Waals surface area contributed by atoms with E-state index < -0.39 is 0 Å². The Labute approximate surface area is 112 Å². The summed E-state index contributed by atoms with van der Waals surface area (Å²) >= 11 is 0. The second-order valence-electron chi connectivity index (χ2n) is 4.20. The molecule has 0 aliphatic carbocycles. The van der Waals surface area contributed by atoms with E-state index in [1.165, 1.54) is 7.11 Å². The molecule has 1 N–H and O–H groups in total. The molecule has 1 unspecified atom stereocenters. The number of carbonyl (C=O) groups excluding carboxylic acids is 1. The number of aromatic nitrogens is 1. The molecule has 0 aliphatic heterocycles. The standard InChI is InChI=1S/C15H16N2O2/c1-19-17-15(18)14(13-7-3-2-4-8-13)10-12-6-5-9-16-11-12/h2-9,11,14H,10H2,1H3,(H,17,18). The van der Waals surface area contributed by atoms with Gasteiger partial charge < -0.3 is 0 Å². The Balaban J connectivity index is 2.22. The largest absolute Gasteiger partial charge is 0.277 e. The van der Waals surface area contributed by atoms with Gasteiger partial charge in [0.1, 0.15) is 0 Å². The van der Waals surface area contributed by atoms with Gasteiger partial charge in [0.2, 0.25) is 0 Å². The van der Waals surface area contributed by atoms with Crippen molar-refractivity contribution in [3.8, 4) is 0 Å². The molecule has 0 saturated carbocycles. The Morgan fingerprint density at radius 3 is 2.68 bits per heavy atom. The minimum atomic E-state index is -0.287. The summed E-state index contributed by atoms with van der Waals surface area (Å²) < 4.78 is 0. The number of amides is 1. The van der Waals surface area contributed by atoms with E-state index in [1.54, 1.807) is 12.4 Å². The van der Waals surface area contributed by atoms with E-state index in [9.17, 15) is 4.79 Å². The maximum atomic E-state index is 12.1. The van der Waals surface area contributed by atoms with Crippen LogP contribution in [-0.4, -0.2) is 18.0 Å². The molecule has 0 aliphatic rings. The van der Waals surface area contributed by atoms with Crippen molar-refractivity contribution < 1.29 is 9.63 Å². The Kier molecular flexibility index (Phi) is 4.64. The number of hydrogen-bond acceptors (Lipinski definition) is 3. The molecule has 1 aromatic carbocycles. The monoisotopic (exact) mass is 256 g/mol. The van der Waals surface area contributed by atoms with Gasteiger partial charge in [0.15, 0.2) is 0 Å². The fourth-order valence-corrected chi connectivity index (χ4v) is 1.97. The Morgan fingerprint density at radius 1 is 1.26 bits per heavy atom. The highest BCUT2D eigenvalue weighted by atomic mass is 16.6. The van der Waals surface area contributed by atoms with Crippen molar-refractivity contribution >= 4 is 5.91 Å². The van der Waals surface area contributed by atoms with E-state index in [0.29, 0.717) is 6.42 Å². The van der Waals surface area contributed by atoms with Gasteiger partial charge in [-0.25, -0.2) is 5.48 Å². The third kappa shape index (κ3) is 3.63. The van der Waals surface area contributed by atoms with Gasteiger partial charge in [0.25, 0.3) is 5.91 Å². The van der Waals surface area contributed by atoms with Crippen molar-refractivity contribution in [3.63, 3.8) is 0 Å². The number of rotatable bonds is 5. The van der Waals surface area contributed by atoms with Crippen LogP contribution < -0.4 is 5.48 Å². The molecule has 19 heavy (non-hydrogen) atoms. The molecule has 4 nitrogen and oxygen atoms in total. The first-order valence-corrected chi connectivity index (χ1v) is 6.08. The van der Waals surface area contributed by atoms with Crippen molar-refractivity contribution in [3.05, 3.63) is 66.0 Å². The molecular weight excluding hydrogens is 240 g/mol. The van der Waals surface area contributed by atoms with Crippen molar-refractivity contribution in [2.24, 2.45) is 0 Å². The van der Waals surface area contributed by atoms with Crippen molar-refractivity contribution in [1.29, 1.82) is 0 Å². The summed E-state index contributed by atoms with van der Waals surface area (Å²) in [6, 6.07) is 13.5. The first-order valence-electron chi connectivity index (χ1n) is 6.08. The van der Waals surface area contributed by atoms with Crippen LogP contribution in [0.2, 0.25) is 0 Å². The quantitative estimate of drug-likeness (QED) is 0.833. The van der Waals surface area contributed by atoms with Crippen molar-refractivity contribution in [2.45, 2.75) is 12.3 Å². The van der Waals surface area contributed by atoms with Gasteiger partial charge >= 0.3 is 0 Å². The highest BCUT2D eigenvalue weighted by Gasteiger charge is 2.20. The lowest BCUT2D eigenvalue weighted by Crippen LogP contribution is -2.29. The van der Waals surface area contributed by atoms with Crippen LogP contribution in [0.4, 0.5) is 0 Å². The summed E-state index contributed by atoms with van der Waals surface area (Å²) in [5, 5.41) is 0. The van der Waals surface area contributed by atoms with E-state index in [-0.39, 0.29) is 11.8 Å². The number of hydroxylamine groups is 1. The van der Waals surface area contributed by atoms with Crippen LogP contribution in [0.15, 0.2) is 54.9 Å². The van der Waals surface area contributed by atoms with Crippen molar-refractivity contribution in [2.75, 3.05) is 7.11 Å². The predicted octanol–water partition coefficient (Wildman–Crippen LogP) is 2.09. The molecule has 2 rings (SSSR count). The Hall–Kier alpha value is -2.20. The molecule has 1 atom stereocenters. The minimum absolute atomic E-state index is 0.155. The van der Waals surface area contributed by atoms with Crippen LogP contribution in [0.5, 0.6) is 0 Å². The first kappa shape index (κ1) is 13.2. The smallest absolute Gasteiger partial charge is 0.251 e. The lowest BCUT2D eigenvalue weighted by Gasteiger charge is -2.16. The maximum absolute atomic E-state index is 12.1.